The van der Waals surface area contributed by atoms with Crippen molar-refractivity contribution in [1.29, 1.82) is 0 Å². The molecule has 86 valence electrons. The molecule has 0 radical (unpaired) electrons. The third-order valence-electron chi connectivity index (χ3n) is 2.36. The van der Waals surface area contributed by atoms with Crippen LogP contribution in [0.25, 0.3) is 0 Å². The Labute approximate surface area is 98.4 Å². The molecule has 1 aliphatic rings. The van der Waals surface area contributed by atoms with Crippen molar-refractivity contribution in [1.82, 2.24) is 15.1 Å². The second-order valence-electron chi connectivity index (χ2n) is 3.50. The third-order valence-corrected chi connectivity index (χ3v) is 2.56. The van der Waals surface area contributed by atoms with Gasteiger partial charge in [-0.15, -0.1) is 10.2 Å². The monoisotopic (exact) mass is 241 g/mol. The van der Waals surface area contributed by atoms with Crippen LogP contribution >= 0.6 is 11.6 Å². The number of rotatable bonds is 1. The lowest BCUT2D eigenvalue weighted by molar-refractivity contribution is 0.0734. The highest BCUT2D eigenvalue weighted by Crippen LogP contribution is 2.07. The number of carbonyl (C=O) groups excluding carboxylic acids is 1. The van der Waals surface area contributed by atoms with Gasteiger partial charge in [-0.25, -0.2) is 0 Å². The van der Waals surface area contributed by atoms with Crippen molar-refractivity contribution >= 4 is 17.5 Å². The van der Waals surface area contributed by atoms with Crippen LogP contribution in [0.2, 0.25) is 5.15 Å². The van der Waals surface area contributed by atoms with E-state index in [9.17, 15) is 4.79 Å². The minimum Gasteiger partial charge on any atom is -0.380 e. The van der Waals surface area contributed by atoms with Gasteiger partial charge in [0, 0.05) is 19.7 Å². The van der Waals surface area contributed by atoms with Crippen LogP contribution in [-0.2, 0) is 4.74 Å². The zero-order valence-corrected chi connectivity index (χ0v) is 9.48. The molecule has 16 heavy (non-hydrogen) atoms. The Kier molecular flexibility index (Phi) is 3.69. The number of amides is 1. The van der Waals surface area contributed by atoms with Gasteiger partial charge in [-0.3, -0.25) is 4.79 Å². The molecule has 1 aliphatic heterocycles. The standard InChI is InChI=1S/C10H12ClN3O2/c11-9-3-2-8(12-13-9)10(15)14-4-1-6-16-7-5-14/h2-3H,1,4-7H2. The van der Waals surface area contributed by atoms with E-state index in [2.05, 4.69) is 10.2 Å². The molecule has 1 aromatic heterocycles. The average Bonchev–Trinajstić information content (AvgIpc) is 2.57. The minimum absolute atomic E-state index is 0.116. The molecule has 1 amide bonds. The van der Waals surface area contributed by atoms with Crippen molar-refractivity contribution in [2.24, 2.45) is 0 Å². The van der Waals surface area contributed by atoms with Gasteiger partial charge in [0.1, 0.15) is 0 Å². The van der Waals surface area contributed by atoms with Crippen LogP contribution in [-0.4, -0.2) is 47.3 Å². The maximum absolute atomic E-state index is 12.0. The van der Waals surface area contributed by atoms with Crippen molar-refractivity contribution in [3.63, 3.8) is 0 Å². The predicted molar refractivity (Wildman–Crippen MR) is 58.4 cm³/mol. The number of nitrogens with zero attached hydrogens (tertiary/aromatic N) is 3. The fourth-order valence-electron chi connectivity index (χ4n) is 1.54. The lowest BCUT2D eigenvalue weighted by atomic mass is 10.3. The zero-order chi connectivity index (χ0) is 11.4. The van der Waals surface area contributed by atoms with E-state index in [1.165, 1.54) is 0 Å². The van der Waals surface area contributed by atoms with Gasteiger partial charge in [0.2, 0.25) is 0 Å². The van der Waals surface area contributed by atoms with Gasteiger partial charge < -0.3 is 9.64 Å². The molecule has 0 atom stereocenters. The smallest absolute Gasteiger partial charge is 0.274 e. The van der Waals surface area contributed by atoms with Crippen molar-refractivity contribution < 1.29 is 9.53 Å². The highest BCUT2D eigenvalue weighted by molar-refractivity contribution is 6.29. The normalized spacial score (nSPS) is 16.9. The van der Waals surface area contributed by atoms with Crippen LogP contribution in [0, 0.1) is 0 Å². The third kappa shape index (κ3) is 2.68. The number of halogens is 1. The number of carbonyl (C=O) groups is 1. The molecular weight excluding hydrogens is 230 g/mol. The predicted octanol–water partition coefficient (Wildman–Crippen LogP) is 0.992. The summed E-state index contributed by atoms with van der Waals surface area (Å²) >= 11 is 5.61. The second kappa shape index (κ2) is 5.23. The molecule has 0 spiro atoms. The molecule has 0 N–H and O–H groups in total. The molecule has 6 heteroatoms. The van der Waals surface area contributed by atoms with Crippen LogP contribution in [0.3, 0.4) is 0 Å². The Balaban J connectivity index is 2.08. The van der Waals surface area contributed by atoms with Crippen molar-refractivity contribution in [3.05, 3.63) is 23.0 Å². The summed E-state index contributed by atoms with van der Waals surface area (Å²) in [5, 5.41) is 7.71. The zero-order valence-electron chi connectivity index (χ0n) is 8.73. The highest BCUT2D eigenvalue weighted by atomic mass is 35.5. The van der Waals surface area contributed by atoms with Crippen LogP contribution in [0.5, 0.6) is 0 Å². The first-order chi connectivity index (χ1) is 7.77. The van der Waals surface area contributed by atoms with Gasteiger partial charge >= 0.3 is 0 Å². The molecule has 1 fully saturated rings. The summed E-state index contributed by atoms with van der Waals surface area (Å²) in [5.74, 6) is -0.116. The maximum atomic E-state index is 12.0. The molecular formula is C10H12ClN3O2. The molecule has 0 saturated carbocycles. The number of hydrogen-bond acceptors (Lipinski definition) is 4. The van der Waals surface area contributed by atoms with E-state index in [0.29, 0.717) is 32.0 Å². The molecule has 5 nitrogen and oxygen atoms in total. The summed E-state index contributed by atoms with van der Waals surface area (Å²) < 4.78 is 5.28. The Morgan fingerprint density at radius 3 is 2.94 bits per heavy atom. The van der Waals surface area contributed by atoms with Gasteiger partial charge in [-0.05, 0) is 18.6 Å². The van der Waals surface area contributed by atoms with Gasteiger partial charge in [0.05, 0.1) is 6.61 Å². The van der Waals surface area contributed by atoms with Crippen molar-refractivity contribution in [2.75, 3.05) is 26.3 Å². The van der Waals surface area contributed by atoms with Crippen LogP contribution in [0.1, 0.15) is 16.9 Å². The molecule has 2 rings (SSSR count). The molecule has 0 bridgehead atoms. The summed E-state index contributed by atoms with van der Waals surface area (Å²) in [6.45, 7) is 2.58. The minimum atomic E-state index is -0.116. The fourth-order valence-corrected chi connectivity index (χ4v) is 1.64. The van der Waals surface area contributed by atoms with Crippen molar-refractivity contribution in [2.45, 2.75) is 6.42 Å². The van der Waals surface area contributed by atoms with E-state index in [1.807, 2.05) is 0 Å². The average molecular weight is 242 g/mol. The number of aromatic nitrogens is 2. The SMILES string of the molecule is O=C(c1ccc(Cl)nn1)N1CCCOCC1. The molecule has 0 aliphatic carbocycles. The lowest BCUT2D eigenvalue weighted by Crippen LogP contribution is -2.33. The van der Waals surface area contributed by atoms with Gasteiger partial charge in [0.15, 0.2) is 10.8 Å². The van der Waals surface area contributed by atoms with Crippen molar-refractivity contribution in [3.8, 4) is 0 Å². The largest absolute Gasteiger partial charge is 0.380 e. The van der Waals surface area contributed by atoms with Gasteiger partial charge in [-0.2, -0.15) is 0 Å². The molecule has 2 heterocycles. The van der Waals surface area contributed by atoms with E-state index in [1.54, 1.807) is 17.0 Å². The first kappa shape index (κ1) is 11.3. The van der Waals surface area contributed by atoms with E-state index in [4.69, 9.17) is 16.3 Å². The van der Waals surface area contributed by atoms with Crippen LogP contribution in [0.4, 0.5) is 0 Å². The van der Waals surface area contributed by atoms with E-state index in [-0.39, 0.29) is 11.1 Å². The van der Waals surface area contributed by atoms with Gasteiger partial charge in [0.25, 0.3) is 5.91 Å². The Bertz CT molecular complexity index is 361. The van der Waals surface area contributed by atoms with E-state index < -0.39 is 0 Å². The number of ether oxygens (including phenoxy) is 1. The summed E-state index contributed by atoms with van der Waals surface area (Å²) in [6.07, 6.45) is 0.854. The topological polar surface area (TPSA) is 55.3 Å². The van der Waals surface area contributed by atoms with E-state index >= 15 is 0 Å². The molecule has 0 aromatic carbocycles. The Hall–Kier alpha value is -1.20. The first-order valence-corrected chi connectivity index (χ1v) is 5.51. The number of hydrogen-bond donors (Lipinski definition) is 0. The molecule has 1 saturated heterocycles. The summed E-state index contributed by atoms with van der Waals surface area (Å²) in [7, 11) is 0. The van der Waals surface area contributed by atoms with Crippen LogP contribution in [0.15, 0.2) is 12.1 Å². The summed E-state index contributed by atoms with van der Waals surface area (Å²) in [5.41, 5.74) is 0.325. The summed E-state index contributed by atoms with van der Waals surface area (Å²) in [4.78, 5) is 13.7. The second-order valence-corrected chi connectivity index (χ2v) is 3.89. The summed E-state index contributed by atoms with van der Waals surface area (Å²) in [6, 6.07) is 3.15. The fraction of sp³-hybridized carbons (Fsp3) is 0.500. The lowest BCUT2D eigenvalue weighted by Gasteiger charge is -2.18. The Morgan fingerprint density at radius 1 is 1.31 bits per heavy atom. The van der Waals surface area contributed by atoms with Crippen LogP contribution < -0.4 is 0 Å². The maximum Gasteiger partial charge on any atom is 0.274 e. The van der Waals surface area contributed by atoms with Gasteiger partial charge in [-0.1, -0.05) is 11.6 Å². The quantitative estimate of drug-likeness (QED) is 0.736. The first-order valence-electron chi connectivity index (χ1n) is 5.13. The van der Waals surface area contributed by atoms with E-state index in [0.717, 1.165) is 6.42 Å². The molecule has 0 unspecified atom stereocenters. The highest BCUT2D eigenvalue weighted by Gasteiger charge is 2.18. The Morgan fingerprint density at radius 2 is 2.19 bits per heavy atom. The molecule has 1 aromatic rings.